The van der Waals surface area contributed by atoms with Gasteiger partial charge in [0.2, 0.25) is 0 Å². The van der Waals surface area contributed by atoms with Crippen molar-refractivity contribution in [3.63, 3.8) is 0 Å². The lowest BCUT2D eigenvalue weighted by Gasteiger charge is -2.24. The van der Waals surface area contributed by atoms with Gasteiger partial charge in [-0.2, -0.15) is 5.10 Å². The van der Waals surface area contributed by atoms with Crippen molar-refractivity contribution in [1.82, 2.24) is 14.7 Å². The fourth-order valence-corrected chi connectivity index (χ4v) is 3.19. The van der Waals surface area contributed by atoms with E-state index in [2.05, 4.69) is 21.8 Å². The first kappa shape index (κ1) is 19.8. The fourth-order valence-electron chi connectivity index (χ4n) is 3.19. The van der Waals surface area contributed by atoms with Crippen LogP contribution in [0, 0.1) is 17.7 Å². The lowest BCUT2D eigenvalue weighted by Crippen LogP contribution is -2.36. The number of nitrogens with two attached hydrogens (primary N) is 1. The van der Waals surface area contributed by atoms with Crippen molar-refractivity contribution in [2.45, 2.75) is 0 Å². The number of hydrogen-bond donors (Lipinski definition) is 1. The predicted octanol–water partition coefficient (Wildman–Crippen LogP) is 2.51. The van der Waals surface area contributed by atoms with Gasteiger partial charge in [-0.25, -0.2) is 9.07 Å². The third kappa shape index (κ3) is 4.40. The Balaban J connectivity index is 1.46. The van der Waals surface area contributed by atoms with Crippen LogP contribution in [0.2, 0.25) is 0 Å². The fraction of sp³-hybridized carbons (Fsp3) is 0.217. The zero-order chi connectivity index (χ0) is 20.9. The number of aromatic nitrogens is 2. The summed E-state index contributed by atoms with van der Waals surface area (Å²) in [5, 5.41) is 4.18. The molecule has 0 spiro atoms. The second kappa shape index (κ2) is 8.91. The Kier molecular flexibility index (Phi) is 5.89. The number of carbonyl (C=O) groups is 1. The number of halogens is 1. The first-order chi connectivity index (χ1) is 14.6. The number of ether oxygens (including phenoxy) is 1. The van der Waals surface area contributed by atoms with Crippen LogP contribution in [0.1, 0.15) is 21.5 Å². The number of rotatable bonds is 4. The molecule has 0 bridgehead atoms. The third-order valence-corrected chi connectivity index (χ3v) is 4.91. The van der Waals surface area contributed by atoms with Gasteiger partial charge >= 0.3 is 0 Å². The molecule has 0 aliphatic carbocycles. The van der Waals surface area contributed by atoms with E-state index in [0.29, 0.717) is 23.4 Å². The van der Waals surface area contributed by atoms with E-state index < -0.39 is 0 Å². The highest BCUT2D eigenvalue weighted by atomic mass is 19.1. The molecular weight excluding hydrogens is 383 g/mol. The van der Waals surface area contributed by atoms with E-state index in [9.17, 15) is 9.18 Å². The van der Waals surface area contributed by atoms with Gasteiger partial charge in [0.15, 0.2) is 5.78 Å². The average Bonchev–Trinajstić information content (AvgIpc) is 3.16. The number of anilines is 1. The van der Waals surface area contributed by atoms with Gasteiger partial charge in [0, 0.05) is 24.2 Å². The van der Waals surface area contributed by atoms with E-state index in [1.165, 1.54) is 23.0 Å². The molecule has 152 valence electrons. The number of carbonyl (C=O) groups excluding carboxylic acids is 1. The Labute approximate surface area is 174 Å². The molecule has 6 nitrogen and oxygen atoms in total. The zero-order valence-electron chi connectivity index (χ0n) is 16.3. The van der Waals surface area contributed by atoms with Crippen molar-refractivity contribution in [1.29, 1.82) is 0 Å². The summed E-state index contributed by atoms with van der Waals surface area (Å²) in [4.78, 5) is 15.1. The Morgan fingerprint density at radius 2 is 1.80 bits per heavy atom. The van der Waals surface area contributed by atoms with Gasteiger partial charge in [-0.15, -0.1) is 0 Å². The largest absolute Gasteiger partial charge is 0.383 e. The van der Waals surface area contributed by atoms with Crippen LogP contribution in [0.4, 0.5) is 10.2 Å². The molecule has 0 radical (unpaired) electrons. The van der Waals surface area contributed by atoms with E-state index in [0.717, 1.165) is 31.9 Å². The standard InChI is InChI=1S/C23H21FN4O2/c24-19-7-9-20(10-8-19)28-23(25)21(16-26-28)22(29)18-5-3-17(4-6-18)2-1-11-27-12-14-30-15-13-27/h3-10,16H,11-15,25H2. The van der Waals surface area contributed by atoms with E-state index >= 15 is 0 Å². The van der Waals surface area contributed by atoms with Gasteiger partial charge < -0.3 is 10.5 Å². The SMILES string of the molecule is Nc1c(C(=O)c2ccc(C#CCN3CCOCC3)cc2)cnn1-c1ccc(F)cc1. The molecule has 0 atom stereocenters. The molecule has 3 aromatic rings. The molecule has 1 aliphatic heterocycles. The van der Waals surface area contributed by atoms with Crippen LogP contribution in [0.3, 0.4) is 0 Å². The highest BCUT2D eigenvalue weighted by molar-refractivity contribution is 6.11. The maximum Gasteiger partial charge on any atom is 0.198 e. The molecule has 2 heterocycles. The quantitative estimate of drug-likeness (QED) is 0.534. The van der Waals surface area contributed by atoms with Crippen LogP contribution in [0.15, 0.2) is 54.7 Å². The van der Waals surface area contributed by atoms with Crippen LogP contribution < -0.4 is 5.73 Å². The van der Waals surface area contributed by atoms with Crippen molar-refractivity contribution in [3.8, 4) is 17.5 Å². The van der Waals surface area contributed by atoms with Crippen LogP contribution in [-0.2, 0) is 4.74 Å². The average molecular weight is 404 g/mol. The topological polar surface area (TPSA) is 73.4 Å². The second-order valence-corrected chi connectivity index (χ2v) is 6.93. The first-order valence-electron chi connectivity index (χ1n) is 9.65. The highest BCUT2D eigenvalue weighted by Crippen LogP contribution is 2.20. The maximum atomic E-state index is 13.1. The molecule has 1 aliphatic rings. The van der Waals surface area contributed by atoms with Gasteiger partial charge in [-0.3, -0.25) is 9.69 Å². The van der Waals surface area contributed by atoms with Gasteiger partial charge in [0.1, 0.15) is 11.6 Å². The number of hydrogen-bond acceptors (Lipinski definition) is 5. The lowest BCUT2D eigenvalue weighted by molar-refractivity contribution is 0.0443. The Bertz CT molecular complexity index is 1090. The third-order valence-electron chi connectivity index (χ3n) is 4.91. The van der Waals surface area contributed by atoms with E-state index in [1.54, 1.807) is 24.3 Å². The Morgan fingerprint density at radius 1 is 1.10 bits per heavy atom. The molecule has 4 rings (SSSR count). The molecule has 30 heavy (non-hydrogen) atoms. The summed E-state index contributed by atoms with van der Waals surface area (Å²) in [5.74, 6) is 5.91. The maximum absolute atomic E-state index is 13.1. The summed E-state index contributed by atoms with van der Waals surface area (Å²) >= 11 is 0. The first-order valence-corrected chi connectivity index (χ1v) is 9.65. The van der Waals surface area contributed by atoms with E-state index in [4.69, 9.17) is 10.5 Å². The summed E-state index contributed by atoms with van der Waals surface area (Å²) in [7, 11) is 0. The number of nitrogens with zero attached hydrogens (tertiary/aromatic N) is 3. The minimum atomic E-state index is -0.353. The van der Waals surface area contributed by atoms with Crippen molar-refractivity contribution in [2.24, 2.45) is 0 Å². The van der Waals surface area contributed by atoms with Gasteiger partial charge in [0.05, 0.1) is 37.2 Å². The minimum Gasteiger partial charge on any atom is -0.383 e. The monoisotopic (exact) mass is 404 g/mol. The molecule has 0 saturated carbocycles. The summed E-state index contributed by atoms with van der Waals surface area (Å²) < 4.78 is 19.9. The molecule has 1 saturated heterocycles. The predicted molar refractivity (Wildman–Crippen MR) is 112 cm³/mol. The van der Waals surface area contributed by atoms with Crippen LogP contribution in [0.5, 0.6) is 0 Å². The summed E-state index contributed by atoms with van der Waals surface area (Å²) in [6, 6.07) is 12.8. The van der Waals surface area contributed by atoms with Gasteiger partial charge in [-0.1, -0.05) is 11.8 Å². The van der Waals surface area contributed by atoms with Crippen LogP contribution in [-0.4, -0.2) is 53.3 Å². The van der Waals surface area contributed by atoms with Crippen LogP contribution in [0.25, 0.3) is 5.69 Å². The molecule has 0 amide bonds. The number of benzene rings is 2. The van der Waals surface area contributed by atoms with E-state index in [-0.39, 0.29) is 17.4 Å². The van der Waals surface area contributed by atoms with Crippen LogP contribution >= 0.6 is 0 Å². The van der Waals surface area contributed by atoms with Crippen molar-refractivity contribution >= 4 is 11.6 Å². The minimum absolute atomic E-state index is 0.209. The molecule has 2 aromatic carbocycles. The molecular formula is C23H21FN4O2. The second-order valence-electron chi connectivity index (χ2n) is 6.93. The van der Waals surface area contributed by atoms with Gasteiger partial charge in [-0.05, 0) is 48.5 Å². The van der Waals surface area contributed by atoms with Gasteiger partial charge in [0.25, 0.3) is 0 Å². The molecule has 0 unspecified atom stereocenters. The van der Waals surface area contributed by atoms with E-state index in [1.807, 2.05) is 12.1 Å². The summed E-state index contributed by atoms with van der Waals surface area (Å²) in [6.07, 6.45) is 1.43. The number of nitrogen functional groups attached to an aromatic ring is 1. The normalized spacial score (nSPS) is 14.2. The lowest BCUT2D eigenvalue weighted by atomic mass is 10.0. The molecule has 1 fully saturated rings. The number of ketones is 1. The summed E-state index contributed by atoms with van der Waals surface area (Å²) in [6.45, 7) is 3.99. The number of morpholine rings is 1. The molecule has 7 heteroatoms. The smallest absolute Gasteiger partial charge is 0.198 e. The van der Waals surface area contributed by atoms with Crippen molar-refractivity contribution in [2.75, 3.05) is 38.6 Å². The Hall–Kier alpha value is -3.47. The molecule has 1 aromatic heterocycles. The Morgan fingerprint density at radius 3 is 2.50 bits per heavy atom. The van der Waals surface area contributed by atoms with Crippen molar-refractivity contribution in [3.05, 3.63) is 77.2 Å². The zero-order valence-corrected chi connectivity index (χ0v) is 16.3. The molecule has 2 N–H and O–H groups in total. The highest BCUT2D eigenvalue weighted by Gasteiger charge is 2.17. The summed E-state index contributed by atoms with van der Waals surface area (Å²) in [5.41, 5.74) is 8.35. The van der Waals surface area contributed by atoms with Crippen molar-refractivity contribution < 1.29 is 13.9 Å².